The zero-order valence-electron chi connectivity index (χ0n) is 17.1. The summed E-state index contributed by atoms with van der Waals surface area (Å²) < 4.78 is 14.7. The Morgan fingerprint density at radius 1 is 1.00 bits per heavy atom. The van der Waals surface area contributed by atoms with Gasteiger partial charge in [-0.2, -0.15) is 0 Å². The molecule has 1 aliphatic rings. The van der Waals surface area contributed by atoms with E-state index in [4.69, 9.17) is 4.99 Å². The Bertz CT molecular complexity index is 1130. The molecule has 1 amide bonds. The topological polar surface area (TPSA) is 32.7 Å². The van der Waals surface area contributed by atoms with Crippen molar-refractivity contribution in [1.82, 2.24) is 4.90 Å². The standard InChI is InChI=1S/C25H23FN2OS/c1-3-4-15-28(2)25(29)17-13-14-23-21(16-17)27-24(18-9-5-7-11-20(18)26)19-10-6-8-12-22(19)30-23/h5-14,16H,3-4,15H2,1-2H3. The molecule has 3 aromatic carbocycles. The third-order valence-electron chi connectivity index (χ3n) is 5.12. The lowest BCUT2D eigenvalue weighted by Gasteiger charge is -2.17. The second-order valence-electron chi connectivity index (χ2n) is 7.30. The minimum Gasteiger partial charge on any atom is -0.342 e. The Morgan fingerprint density at radius 2 is 1.73 bits per heavy atom. The molecule has 1 aliphatic heterocycles. The van der Waals surface area contributed by atoms with E-state index in [1.807, 2.05) is 55.6 Å². The van der Waals surface area contributed by atoms with Gasteiger partial charge in [-0.3, -0.25) is 4.79 Å². The van der Waals surface area contributed by atoms with E-state index in [9.17, 15) is 9.18 Å². The number of nitrogens with zero attached hydrogens (tertiary/aromatic N) is 2. The molecule has 30 heavy (non-hydrogen) atoms. The van der Waals surface area contributed by atoms with E-state index in [-0.39, 0.29) is 11.7 Å². The van der Waals surface area contributed by atoms with E-state index in [0.717, 1.165) is 34.7 Å². The highest BCUT2D eigenvalue weighted by Crippen LogP contribution is 2.41. The molecule has 0 radical (unpaired) electrons. The van der Waals surface area contributed by atoms with Crippen molar-refractivity contribution in [2.45, 2.75) is 29.6 Å². The number of carbonyl (C=O) groups is 1. The van der Waals surface area contributed by atoms with Crippen LogP contribution < -0.4 is 0 Å². The lowest BCUT2D eigenvalue weighted by Crippen LogP contribution is -2.27. The second-order valence-corrected chi connectivity index (χ2v) is 8.39. The summed E-state index contributed by atoms with van der Waals surface area (Å²) in [6.07, 6.45) is 2.00. The molecular formula is C25H23FN2OS. The predicted molar refractivity (Wildman–Crippen MR) is 121 cm³/mol. The molecule has 152 valence electrons. The summed E-state index contributed by atoms with van der Waals surface area (Å²) >= 11 is 1.59. The van der Waals surface area contributed by atoms with E-state index in [1.165, 1.54) is 6.07 Å². The van der Waals surface area contributed by atoms with Crippen LogP contribution in [0.3, 0.4) is 0 Å². The highest BCUT2D eigenvalue weighted by Gasteiger charge is 2.22. The third-order valence-corrected chi connectivity index (χ3v) is 6.26. The maximum atomic E-state index is 14.7. The average Bonchev–Trinajstić information content (AvgIpc) is 2.93. The van der Waals surface area contributed by atoms with Gasteiger partial charge in [-0.25, -0.2) is 9.38 Å². The molecule has 0 spiro atoms. The van der Waals surface area contributed by atoms with E-state index in [1.54, 1.807) is 28.8 Å². The van der Waals surface area contributed by atoms with Crippen molar-refractivity contribution < 1.29 is 9.18 Å². The van der Waals surface area contributed by atoms with Gasteiger partial charge in [-0.1, -0.05) is 55.4 Å². The van der Waals surface area contributed by atoms with Crippen molar-refractivity contribution >= 4 is 29.1 Å². The number of unbranched alkanes of at least 4 members (excludes halogenated alkanes) is 1. The summed E-state index contributed by atoms with van der Waals surface area (Å²) in [7, 11) is 1.82. The maximum absolute atomic E-state index is 14.7. The lowest BCUT2D eigenvalue weighted by molar-refractivity contribution is 0.0793. The molecule has 5 heteroatoms. The molecule has 0 bridgehead atoms. The first-order valence-electron chi connectivity index (χ1n) is 10.1. The number of benzene rings is 3. The van der Waals surface area contributed by atoms with Gasteiger partial charge >= 0.3 is 0 Å². The molecule has 0 N–H and O–H groups in total. The Balaban J connectivity index is 1.82. The van der Waals surface area contributed by atoms with Crippen molar-refractivity contribution in [2.24, 2.45) is 4.99 Å². The van der Waals surface area contributed by atoms with Crippen LogP contribution in [0.25, 0.3) is 0 Å². The van der Waals surface area contributed by atoms with Gasteiger partial charge in [-0.05, 0) is 42.8 Å². The van der Waals surface area contributed by atoms with Gasteiger partial charge in [0.1, 0.15) is 5.82 Å². The van der Waals surface area contributed by atoms with Crippen LogP contribution in [0.4, 0.5) is 10.1 Å². The molecule has 0 saturated carbocycles. The molecule has 1 heterocycles. The molecular weight excluding hydrogens is 395 g/mol. The molecule has 0 unspecified atom stereocenters. The summed E-state index contributed by atoms with van der Waals surface area (Å²) in [6.45, 7) is 2.82. The van der Waals surface area contributed by atoms with Crippen LogP contribution in [0.5, 0.6) is 0 Å². The first kappa shape index (κ1) is 20.4. The van der Waals surface area contributed by atoms with E-state index in [0.29, 0.717) is 22.5 Å². The van der Waals surface area contributed by atoms with E-state index in [2.05, 4.69) is 6.92 Å². The zero-order valence-corrected chi connectivity index (χ0v) is 17.9. The Morgan fingerprint density at radius 3 is 2.50 bits per heavy atom. The fourth-order valence-corrected chi connectivity index (χ4v) is 4.45. The summed E-state index contributed by atoms with van der Waals surface area (Å²) in [6, 6.07) is 20.2. The van der Waals surface area contributed by atoms with Gasteiger partial charge in [0.15, 0.2) is 0 Å². The molecule has 0 fully saturated rings. The molecule has 0 aromatic heterocycles. The number of halogens is 1. The minimum atomic E-state index is -0.314. The minimum absolute atomic E-state index is 0.0272. The highest BCUT2D eigenvalue weighted by molar-refractivity contribution is 7.99. The SMILES string of the molecule is CCCCN(C)C(=O)c1ccc2c(c1)N=C(c1ccccc1F)c1ccccc1S2. The molecule has 0 atom stereocenters. The van der Waals surface area contributed by atoms with Crippen molar-refractivity contribution in [3.8, 4) is 0 Å². The Labute approximate surface area is 180 Å². The molecule has 3 nitrogen and oxygen atoms in total. The average molecular weight is 419 g/mol. The summed E-state index contributed by atoms with van der Waals surface area (Å²) in [5, 5.41) is 0. The number of carbonyl (C=O) groups excluding carboxylic acids is 1. The second kappa shape index (κ2) is 8.84. The van der Waals surface area contributed by atoms with Crippen molar-refractivity contribution in [3.63, 3.8) is 0 Å². The van der Waals surface area contributed by atoms with Crippen LogP contribution in [-0.4, -0.2) is 30.1 Å². The Kier molecular flexibility index (Phi) is 6.00. The number of amides is 1. The molecule has 4 rings (SSSR count). The normalized spacial score (nSPS) is 12.4. The van der Waals surface area contributed by atoms with Gasteiger partial charge in [0.2, 0.25) is 0 Å². The van der Waals surface area contributed by atoms with Gasteiger partial charge in [0, 0.05) is 40.1 Å². The largest absolute Gasteiger partial charge is 0.342 e. The van der Waals surface area contributed by atoms with Gasteiger partial charge < -0.3 is 4.90 Å². The number of fused-ring (bicyclic) bond motifs is 2. The summed E-state index contributed by atoms with van der Waals surface area (Å²) in [5.41, 5.74) is 3.20. The fraction of sp³-hybridized carbons (Fsp3) is 0.200. The van der Waals surface area contributed by atoms with E-state index < -0.39 is 0 Å². The van der Waals surface area contributed by atoms with Gasteiger partial charge in [0.05, 0.1) is 11.4 Å². The van der Waals surface area contributed by atoms with Gasteiger partial charge in [0.25, 0.3) is 5.91 Å². The van der Waals surface area contributed by atoms with Crippen LogP contribution in [0.15, 0.2) is 81.5 Å². The van der Waals surface area contributed by atoms with E-state index >= 15 is 0 Å². The maximum Gasteiger partial charge on any atom is 0.253 e. The lowest BCUT2D eigenvalue weighted by atomic mass is 10.0. The smallest absolute Gasteiger partial charge is 0.253 e. The number of rotatable bonds is 5. The molecule has 0 aliphatic carbocycles. The van der Waals surface area contributed by atoms with Crippen molar-refractivity contribution in [2.75, 3.05) is 13.6 Å². The highest BCUT2D eigenvalue weighted by atomic mass is 32.2. The quantitative estimate of drug-likeness (QED) is 0.379. The monoisotopic (exact) mass is 418 g/mol. The first-order chi connectivity index (χ1) is 14.6. The van der Waals surface area contributed by atoms with Crippen molar-refractivity contribution in [3.05, 3.63) is 89.2 Å². The van der Waals surface area contributed by atoms with Crippen LogP contribution in [0, 0.1) is 5.82 Å². The Hall–Kier alpha value is -2.92. The number of hydrogen-bond acceptors (Lipinski definition) is 3. The van der Waals surface area contributed by atoms with Gasteiger partial charge in [-0.15, -0.1) is 0 Å². The molecule has 3 aromatic rings. The zero-order chi connectivity index (χ0) is 21.1. The van der Waals surface area contributed by atoms with Crippen LogP contribution in [-0.2, 0) is 0 Å². The van der Waals surface area contributed by atoms with Crippen LogP contribution >= 0.6 is 11.8 Å². The van der Waals surface area contributed by atoms with Crippen molar-refractivity contribution in [1.29, 1.82) is 0 Å². The third kappa shape index (κ3) is 4.03. The predicted octanol–water partition coefficient (Wildman–Crippen LogP) is 6.33. The van der Waals surface area contributed by atoms with Crippen LogP contribution in [0.2, 0.25) is 0 Å². The van der Waals surface area contributed by atoms with Crippen LogP contribution in [0.1, 0.15) is 41.3 Å². The summed E-state index contributed by atoms with van der Waals surface area (Å²) in [5.74, 6) is -0.341. The fourth-order valence-electron chi connectivity index (χ4n) is 3.45. The molecule has 0 saturated heterocycles. The summed E-state index contributed by atoms with van der Waals surface area (Å²) in [4.78, 5) is 21.4. The first-order valence-corrected chi connectivity index (χ1v) is 10.9. The number of hydrogen-bond donors (Lipinski definition) is 0. The number of aliphatic imine (C=N–C) groups is 1.